The van der Waals surface area contributed by atoms with E-state index in [0.29, 0.717) is 38.3 Å². The Balaban J connectivity index is 1.69. The standard InChI is InChI=1S/C23H30N2O5S/c1-4-30-19-9-11-21(12-10-19)31(27,28)25-14-6-13-23(2,17-25)22(26)24-16-18-7-5-8-20(15-18)29-3/h5,7-12,15H,4,6,13-14,16-17H2,1-3H3,(H,24,26)/t23-/m1/s1. The summed E-state index contributed by atoms with van der Waals surface area (Å²) in [5.74, 6) is 1.20. The van der Waals surface area contributed by atoms with Crippen LogP contribution >= 0.6 is 0 Å². The van der Waals surface area contributed by atoms with Crippen LogP contribution in [0.25, 0.3) is 0 Å². The SMILES string of the molecule is CCOc1ccc(S(=O)(=O)N2CCC[C@@](C)(C(=O)NCc3cccc(OC)c3)C2)cc1. The smallest absolute Gasteiger partial charge is 0.243 e. The van der Waals surface area contributed by atoms with Crippen molar-refractivity contribution >= 4 is 15.9 Å². The second-order valence-corrected chi connectivity index (χ2v) is 9.88. The molecule has 1 saturated heterocycles. The lowest BCUT2D eigenvalue weighted by Crippen LogP contribution is -2.51. The summed E-state index contributed by atoms with van der Waals surface area (Å²) in [4.78, 5) is 13.2. The highest BCUT2D eigenvalue weighted by atomic mass is 32.2. The largest absolute Gasteiger partial charge is 0.497 e. The second-order valence-electron chi connectivity index (χ2n) is 7.94. The number of nitrogens with one attached hydrogen (secondary N) is 1. The van der Waals surface area contributed by atoms with Crippen molar-refractivity contribution in [3.8, 4) is 11.5 Å². The van der Waals surface area contributed by atoms with Gasteiger partial charge in [-0.15, -0.1) is 0 Å². The lowest BCUT2D eigenvalue weighted by molar-refractivity contribution is -0.132. The number of nitrogens with zero attached hydrogens (tertiary/aromatic N) is 1. The topological polar surface area (TPSA) is 84.9 Å². The lowest BCUT2D eigenvalue weighted by atomic mass is 9.82. The molecule has 0 unspecified atom stereocenters. The summed E-state index contributed by atoms with van der Waals surface area (Å²) in [6, 6.07) is 13.9. The quantitative estimate of drug-likeness (QED) is 0.673. The van der Waals surface area contributed by atoms with Gasteiger partial charge in [-0.25, -0.2) is 8.42 Å². The zero-order valence-electron chi connectivity index (χ0n) is 18.3. The fourth-order valence-electron chi connectivity index (χ4n) is 3.79. The molecular formula is C23H30N2O5S. The molecule has 2 aromatic carbocycles. The van der Waals surface area contributed by atoms with Gasteiger partial charge in [-0.2, -0.15) is 4.31 Å². The maximum absolute atomic E-state index is 13.2. The van der Waals surface area contributed by atoms with Gasteiger partial charge in [0.25, 0.3) is 0 Å². The number of piperidine rings is 1. The Kier molecular flexibility index (Phi) is 7.23. The number of methoxy groups -OCH3 is 1. The molecule has 31 heavy (non-hydrogen) atoms. The fraction of sp³-hybridized carbons (Fsp3) is 0.435. The minimum absolute atomic E-state index is 0.145. The van der Waals surface area contributed by atoms with E-state index in [-0.39, 0.29) is 17.3 Å². The predicted octanol–water partition coefficient (Wildman–Crippen LogP) is 3.20. The average molecular weight is 447 g/mol. The zero-order chi connectivity index (χ0) is 22.5. The Morgan fingerprint density at radius 2 is 1.90 bits per heavy atom. The predicted molar refractivity (Wildman–Crippen MR) is 119 cm³/mol. The van der Waals surface area contributed by atoms with Crippen molar-refractivity contribution in [1.82, 2.24) is 9.62 Å². The van der Waals surface area contributed by atoms with E-state index in [4.69, 9.17) is 9.47 Å². The van der Waals surface area contributed by atoms with Crippen molar-refractivity contribution in [2.24, 2.45) is 5.41 Å². The molecule has 1 heterocycles. The average Bonchev–Trinajstić information content (AvgIpc) is 2.78. The van der Waals surface area contributed by atoms with Crippen molar-refractivity contribution in [3.05, 3.63) is 54.1 Å². The van der Waals surface area contributed by atoms with Crippen molar-refractivity contribution in [1.29, 1.82) is 0 Å². The van der Waals surface area contributed by atoms with Crippen LogP contribution in [0.2, 0.25) is 0 Å². The highest BCUT2D eigenvalue weighted by Crippen LogP contribution is 2.33. The number of hydrogen-bond donors (Lipinski definition) is 1. The molecular weight excluding hydrogens is 416 g/mol. The first-order valence-corrected chi connectivity index (χ1v) is 11.9. The number of rotatable bonds is 8. The van der Waals surface area contributed by atoms with E-state index in [0.717, 1.165) is 11.3 Å². The highest BCUT2D eigenvalue weighted by molar-refractivity contribution is 7.89. The molecule has 1 aliphatic rings. The zero-order valence-corrected chi connectivity index (χ0v) is 19.1. The maximum atomic E-state index is 13.2. The lowest BCUT2D eigenvalue weighted by Gasteiger charge is -2.38. The summed E-state index contributed by atoms with van der Waals surface area (Å²) in [6.07, 6.45) is 1.26. The Morgan fingerprint density at radius 3 is 2.58 bits per heavy atom. The van der Waals surface area contributed by atoms with Crippen LogP contribution in [-0.4, -0.2) is 45.4 Å². The van der Waals surface area contributed by atoms with Gasteiger partial charge in [0.15, 0.2) is 0 Å². The Morgan fingerprint density at radius 1 is 1.16 bits per heavy atom. The third-order valence-corrected chi connectivity index (χ3v) is 7.43. The normalized spacial score (nSPS) is 19.6. The first kappa shape index (κ1) is 23.1. The minimum Gasteiger partial charge on any atom is -0.497 e. The molecule has 0 saturated carbocycles. The molecule has 1 fully saturated rings. The van der Waals surface area contributed by atoms with Gasteiger partial charge in [-0.1, -0.05) is 12.1 Å². The third kappa shape index (κ3) is 5.37. The number of benzene rings is 2. The second kappa shape index (κ2) is 9.70. The molecule has 1 aliphatic heterocycles. The van der Waals surface area contributed by atoms with Crippen molar-refractivity contribution in [2.45, 2.75) is 38.1 Å². The van der Waals surface area contributed by atoms with Gasteiger partial charge in [-0.05, 0) is 68.7 Å². The van der Waals surface area contributed by atoms with Gasteiger partial charge >= 0.3 is 0 Å². The molecule has 3 rings (SSSR count). The number of carbonyl (C=O) groups is 1. The van der Waals surface area contributed by atoms with Crippen LogP contribution in [0.3, 0.4) is 0 Å². The molecule has 0 spiro atoms. The van der Waals surface area contributed by atoms with E-state index in [1.54, 1.807) is 31.4 Å². The van der Waals surface area contributed by atoms with Crippen LogP contribution in [0.15, 0.2) is 53.4 Å². The van der Waals surface area contributed by atoms with Crippen LogP contribution in [0, 0.1) is 5.41 Å². The number of amides is 1. The highest BCUT2D eigenvalue weighted by Gasteiger charge is 2.41. The molecule has 1 N–H and O–H groups in total. The number of ether oxygens (including phenoxy) is 2. The third-order valence-electron chi connectivity index (χ3n) is 5.57. The molecule has 0 bridgehead atoms. The van der Waals surface area contributed by atoms with Crippen LogP contribution in [0.4, 0.5) is 0 Å². The van der Waals surface area contributed by atoms with Gasteiger partial charge < -0.3 is 14.8 Å². The Labute approximate surface area is 184 Å². The van der Waals surface area contributed by atoms with Crippen LogP contribution in [0.1, 0.15) is 32.3 Å². The Bertz CT molecular complexity index is 1010. The number of carbonyl (C=O) groups excluding carboxylic acids is 1. The summed E-state index contributed by atoms with van der Waals surface area (Å²) >= 11 is 0. The fourth-order valence-corrected chi connectivity index (χ4v) is 5.39. The van der Waals surface area contributed by atoms with E-state index < -0.39 is 15.4 Å². The van der Waals surface area contributed by atoms with E-state index in [9.17, 15) is 13.2 Å². The van der Waals surface area contributed by atoms with Gasteiger partial charge in [-0.3, -0.25) is 4.79 Å². The molecule has 0 radical (unpaired) electrons. The summed E-state index contributed by atoms with van der Waals surface area (Å²) < 4.78 is 38.3. The van der Waals surface area contributed by atoms with Crippen LogP contribution < -0.4 is 14.8 Å². The summed E-state index contributed by atoms with van der Waals surface area (Å²) in [6.45, 7) is 5.12. The summed E-state index contributed by atoms with van der Waals surface area (Å²) in [7, 11) is -2.10. The molecule has 1 atom stereocenters. The summed E-state index contributed by atoms with van der Waals surface area (Å²) in [5, 5.41) is 2.96. The molecule has 0 aliphatic carbocycles. The molecule has 7 nitrogen and oxygen atoms in total. The molecule has 0 aromatic heterocycles. The van der Waals surface area contributed by atoms with Crippen molar-refractivity contribution in [3.63, 3.8) is 0 Å². The number of hydrogen-bond acceptors (Lipinski definition) is 5. The van der Waals surface area contributed by atoms with Gasteiger partial charge in [0.05, 0.1) is 24.0 Å². The Hall–Kier alpha value is -2.58. The molecule has 8 heteroatoms. The van der Waals surface area contributed by atoms with E-state index in [2.05, 4.69) is 5.32 Å². The first-order valence-electron chi connectivity index (χ1n) is 10.4. The van der Waals surface area contributed by atoms with Crippen molar-refractivity contribution < 1.29 is 22.7 Å². The van der Waals surface area contributed by atoms with E-state index in [1.807, 2.05) is 38.1 Å². The molecule has 2 aromatic rings. The van der Waals surface area contributed by atoms with E-state index >= 15 is 0 Å². The maximum Gasteiger partial charge on any atom is 0.243 e. The van der Waals surface area contributed by atoms with Gasteiger partial charge in [0.2, 0.25) is 15.9 Å². The summed E-state index contributed by atoms with van der Waals surface area (Å²) in [5.41, 5.74) is 0.126. The van der Waals surface area contributed by atoms with E-state index in [1.165, 1.54) is 4.31 Å². The van der Waals surface area contributed by atoms with Crippen LogP contribution in [0.5, 0.6) is 11.5 Å². The molecule has 1 amide bonds. The van der Waals surface area contributed by atoms with Crippen LogP contribution in [-0.2, 0) is 21.4 Å². The van der Waals surface area contributed by atoms with Crippen molar-refractivity contribution in [2.75, 3.05) is 26.8 Å². The van der Waals surface area contributed by atoms with Gasteiger partial charge in [0, 0.05) is 19.6 Å². The monoisotopic (exact) mass is 446 g/mol. The minimum atomic E-state index is -3.69. The molecule has 168 valence electrons. The van der Waals surface area contributed by atoms with Gasteiger partial charge in [0.1, 0.15) is 11.5 Å². The number of sulfonamides is 1. The first-order chi connectivity index (χ1) is 14.8.